The van der Waals surface area contributed by atoms with E-state index >= 15 is 0 Å². The van der Waals surface area contributed by atoms with E-state index in [4.69, 9.17) is 45.0 Å². The van der Waals surface area contributed by atoms with Crippen LogP contribution in [0, 0.1) is 29.9 Å². The van der Waals surface area contributed by atoms with E-state index in [2.05, 4.69) is 0 Å². The molecule has 1 radical (unpaired) electrons. The van der Waals surface area contributed by atoms with E-state index in [1.165, 1.54) is 0 Å². The molecular weight excluding hydrogens is 456 g/mol. The molecule has 0 aliphatic rings. The molecule has 93 valence electrons. The minimum Gasteiger partial charge on any atom is -0.652 e. The maximum absolute atomic E-state index is 8.33. The summed E-state index contributed by atoms with van der Waals surface area (Å²) in [6.45, 7) is 0. The molecule has 0 rings (SSSR count). The molecule has 0 bridgehead atoms. The fourth-order valence-corrected chi connectivity index (χ4v) is 0. The number of carbonyl (C=O) groups excluding carboxylic acids is 3. The number of hydrogen-bond donors (Lipinski definition) is 0. The van der Waals surface area contributed by atoms with E-state index in [-0.39, 0.29) is 59.8 Å². The first-order valence-corrected chi connectivity index (χ1v) is 1.84. The topological polar surface area (TPSA) is 253 Å². The second-order valence-corrected chi connectivity index (χ2v) is 0.750. The summed E-state index contributed by atoms with van der Waals surface area (Å²) in [5.41, 5.74) is 0. The van der Waals surface area contributed by atoms with Crippen LogP contribution in [0.3, 0.4) is 0 Å². The van der Waals surface area contributed by atoms with Gasteiger partial charge in [0.15, 0.2) is 0 Å². The van der Waals surface area contributed by atoms with Gasteiger partial charge in [-0.05, 0) is 18.5 Å². The van der Waals surface area contributed by atoms with Crippen LogP contribution in [-0.2, 0) is 0 Å². The van der Waals surface area contributed by atoms with Crippen molar-refractivity contribution in [1.82, 2.24) is 0 Å². The maximum Gasteiger partial charge on any atom is 1.00 e. The first-order chi connectivity index (χ1) is 5.20. The van der Waals surface area contributed by atoms with E-state index in [0.29, 0.717) is 0 Å². The second kappa shape index (κ2) is 36.7. The van der Waals surface area contributed by atoms with Crippen LogP contribution in [-0.4, -0.2) is 29.4 Å². The smallest absolute Gasteiger partial charge is 0.652 e. The summed E-state index contributed by atoms with van der Waals surface area (Å²) >= 11 is 0. The summed E-state index contributed by atoms with van der Waals surface area (Å²) in [6, 6.07) is 0. The molecule has 0 aromatic heterocycles. The van der Waals surface area contributed by atoms with Gasteiger partial charge in [0.25, 0.3) is 0 Å². The number of carboxylic acid groups (broad SMARTS) is 6. The van der Waals surface area contributed by atoms with Gasteiger partial charge in [-0.2, -0.15) is 0 Å². The number of carbonyl (C=O) groups is 3. The van der Waals surface area contributed by atoms with Crippen LogP contribution in [0.2, 0.25) is 0 Å². The first-order valence-electron chi connectivity index (χ1n) is 1.84. The molecule has 0 spiro atoms. The van der Waals surface area contributed by atoms with Gasteiger partial charge in [0.05, 0.1) is 0 Å². The van der Waals surface area contributed by atoms with Crippen LogP contribution in [0.15, 0.2) is 0 Å². The van der Waals surface area contributed by atoms with Gasteiger partial charge in [0.1, 0.15) is 0 Å². The molecule has 11 nitrogen and oxygen atoms in total. The number of rotatable bonds is 0. The molecule has 0 saturated carbocycles. The third-order valence-corrected chi connectivity index (χ3v) is 0. The Balaban J connectivity index is -0.0000000135. The molecule has 0 saturated heterocycles. The zero-order valence-electron chi connectivity index (χ0n) is 7.62. The Hall–Kier alpha value is -0.660. The van der Waals surface area contributed by atoms with Crippen LogP contribution in [0.5, 0.6) is 0 Å². The first kappa shape index (κ1) is 45.4. The molecule has 0 atom stereocenters. The molecule has 0 amide bonds. The van der Waals surface area contributed by atoms with Crippen molar-refractivity contribution in [1.29, 1.82) is 0 Å². The average molecular weight is 460 g/mol. The van der Waals surface area contributed by atoms with Crippen molar-refractivity contribution in [2.75, 3.05) is 0 Å². The molecular formula is C3H4LiNpO11-5. The Morgan fingerprint density at radius 1 is 0.562 bits per heavy atom. The van der Waals surface area contributed by atoms with Gasteiger partial charge >= 0.3 is 18.9 Å². The third kappa shape index (κ3) is 4670. The zero-order valence-corrected chi connectivity index (χ0v) is 11.3. The predicted octanol–water partition coefficient (Wildman–Crippen LogP) is -12.0. The molecule has 0 aromatic rings. The third-order valence-electron chi connectivity index (χ3n) is 0. The minimum absolute atomic E-state index is 0. The Labute approximate surface area is 123 Å². The average Bonchev–Trinajstić information content (AvgIpc) is 1.54. The standard InChI is InChI=1S/3CH2O3.Li.Np.2H2O/c3*2-1(3)4;;;;/h3*(H2,2,3,4);;;2*1H2/q;;;+1;;;/p-6. The van der Waals surface area contributed by atoms with Gasteiger partial charge in [0.2, 0.25) is 0 Å². The molecule has 0 heterocycles. The van der Waals surface area contributed by atoms with E-state index in [9.17, 15) is 0 Å². The van der Waals surface area contributed by atoms with Crippen molar-refractivity contribution >= 4 is 18.5 Å². The summed E-state index contributed by atoms with van der Waals surface area (Å²) in [7, 11) is 0. The second-order valence-electron chi connectivity index (χ2n) is 0.750. The van der Waals surface area contributed by atoms with E-state index < -0.39 is 18.5 Å². The van der Waals surface area contributed by atoms with Crippen molar-refractivity contribution in [3.63, 3.8) is 0 Å². The van der Waals surface area contributed by atoms with Crippen LogP contribution in [0.4, 0.5) is 14.4 Å². The van der Waals surface area contributed by atoms with E-state index in [1.807, 2.05) is 0 Å². The van der Waals surface area contributed by atoms with Crippen molar-refractivity contribution in [2.24, 2.45) is 0 Å². The summed E-state index contributed by atoms with van der Waals surface area (Å²) in [5, 5.41) is 50.0. The predicted molar refractivity (Wildman–Crippen MR) is 23.4 cm³/mol. The molecule has 4 N–H and O–H groups in total. The van der Waals surface area contributed by atoms with Crippen LogP contribution < -0.4 is 49.5 Å². The summed E-state index contributed by atoms with van der Waals surface area (Å²) in [6.07, 6.45) is -7.00. The zero-order chi connectivity index (χ0) is 10.7. The van der Waals surface area contributed by atoms with Crippen LogP contribution in [0.1, 0.15) is 0 Å². The Morgan fingerprint density at radius 3 is 0.562 bits per heavy atom. The molecule has 0 aromatic carbocycles. The van der Waals surface area contributed by atoms with Gasteiger partial charge in [-0.25, -0.2) is 0 Å². The van der Waals surface area contributed by atoms with Gasteiger partial charge in [0, 0.05) is 29.9 Å². The Morgan fingerprint density at radius 2 is 0.562 bits per heavy atom. The van der Waals surface area contributed by atoms with E-state index in [0.717, 1.165) is 0 Å². The minimum atomic E-state index is -2.33. The van der Waals surface area contributed by atoms with Gasteiger partial charge < -0.3 is 56.0 Å². The Bertz CT molecular complexity index is 119. The normalized spacial score (nSPS) is 4.50. The van der Waals surface area contributed by atoms with Crippen molar-refractivity contribution in [3.05, 3.63) is 0 Å². The molecule has 0 fully saturated rings. The van der Waals surface area contributed by atoms with Crippen LogP contribution >= 0.6 is 0 Å². The SMILES string of the molecule is O.O.O=C([O-])[O-].O=C([O-])[O-].O=C([O-])[O-].[Li+].[Np]. The van der Waals surface area contributed by atoms with Crippen LogP contribution in [0.25, 0.3) is 0 Å². The monoisotopic (exact) mass is 459 g/mol. The summed E-state index contributed by atoms with van der Waals surface area (Å²) in [5.74, 6) is 0. The fourth-order valence-electron chi connectivity index (χ4n) is 0. The van der Waals surface area contributed by atoms with E-state index in [1.54, 1.807) is 0 Å². The quantitative estimate of drug-likeness (QED) is 0.311. The number of hydrogen-bond acceptors (Lipinski definition) is 9. The molecule has 16 heavy (non-hydrogen) atoms. The largest absolute Gasteiger partial charge is 1.00 e. The van der Waals surface area contributed by atoms with Gasteiger partial charge in [-0.1, -0.05) is 0 Å². The van der Waals surface area contributed by atoms with Gasteiger partial charge in [-0.3, -0.25) is 0 Å². The molecule has 0 aliphatic heterocycles. The van der Waals surface area contributed by atoms with Crippen molar-refractivity contribution in [3.8, 4) is 0 Å². The molecule has 0 unspecified atom stereocenters. The molecule has 0 aliphatic carbocycles. The molecule has 13 heteroatoms. The maximum atomic E-state index is 8.33. The summed E-state index contributed by atoms with van der Waals surface area (Å²) in [4.78, 5) is 25.0. The van der Waals surface area contributed by atoms with Crippen molar-refractivity contribution in [2.45, 2.75) is 0 Å². The fraction of sp³-hybridized carbons (Fsp3) is 0. The Kier molecular flexibility index (Phi) is 104. The van der Waals surface area contributed by atoms with Crippen molar-refractivity contribution < 1.29 is 105 Å². The summed E-state index contributed by atoms with van der Waals surface area (Å²) < 4.78 is 0. The van der Waals surface area contributed by atoms with Gasteiger partial charge in [-0.15, -0.1) is 0 Å².